The van der Waals surface area contributed by atoms with Crippen LogP contribution in [-0.2, 0) is 4.74 Å². The number of ether oxygens (including phenoxy) is 1. The van der Waals surface area contributed by atoms with Crippen molar-refractivity contribution in [2.75, 3.05) is 24.7 Å². The fourth-order valence-corrected chi connectivity index (χ4v) is 2.37. The molecule has 1 atom stereocenters. The van der Waals surface area contributed by atoms with E-state index < -0.39 is 0 Å². The molecular formula is C13H17N3O. The van der Waals surface area contributed by atoms with Gasteiger partial charge in [-0.2, -0.15) is 0 Å². The molecule has 1 aromatic rings. The Morgan fingerprint density at radius 2 is 2.47 bits per heavy atom. The minimum absolute atomic E-state index is 0.372. The molecule has 3 heterocycles. The van der Waals surface area contributed by atoms with Crippen molar-refractivity contribution in [3.05, 3.63) is 36.8 Å². The lowest BCUT2D eigenvalue weighted by molar-refractivity contribution is 0.0861. The van der Waals surface area contributed by atoms with E-state index >= 15 is 0 Å². The third-order valence-electron chi connectivity index (χ3n) is 3.22. The minimum Gasteiger partial charge on any atom is -0.376 e. The van der Waals surface area contributed by atoms with Gasteiger partial charge in [0.25, 0.3) is 0 Å². The third-order valence-corrected chi connectivity index (χ3v) is 3.22. The number of hydrazine groups is 1. The summed E-state index contributed by atoms with van der Waals surface area (Å²) in [5.74, 6) is 0. The van der Waals surface area contributed by atoms with Gasteiger partial charge in [0.2, 0.25) is 0 Å². The molecule has 0 bridgehead atoms. The zero-order chi connectivity index (χ0) is 11.5. The van der Waals surface area contributed by atoms with Crippen molar-refractivity contribution >= 4 is 5.69 Å². The maximum Gasteiger partial charge on any atom is 0.0771 e. The van der Waals surface area contributed by atoms with E-state index in [0.717, 1.165) is 25.4 Å². The highest BCUT2D eigenvalue weighted by Gasteiger charge is 2.23. The molecule has 2 aliphatic heterocycles. The van der Waals surface area contributed by atoms with Gasteiger partial charge in [-0.05, 0) is 31.1 Å². The lowest BCUT2D eigenvalue weighted by Gasteiger charge is -2.32. The van der Waals surface area contributed by atoms with Crippen molar-refractivity contribution < 1.29 is 4.74 Å². The van der Waals surface area contributed by atoms with Gasteiger partial charge in [0.05, 0.1) is 31.1 Å². The molecule has 0 spiro atoms. The third kappa shape index (κ3) is 2.26. The zero-order valence-electron chi connectivity index (χ0n) is 9.83. The summed E-state index contributed by atoms with van der Waals surface area (Å²) in [6.07, 6.45) is 10.7. The Morgan fingerprint density at radius 3 is 3.24 bits per heavy atom. The van der Waals surface area contributed by atoms with Gasteiger partial charge in [0, 0.05) is 19.0 Å². The molecule has 4 heteroatoms. The number of hydrogen-bond acceptors (Lipinski definition) is 4. The number of pyridine rings is 1. The molecule has 17 heavy (non-hydrogen) atoms. The number of anilines is 1. The van der Waals surface area contributed by atoms with Crippen molar-refractivity contribution in [2.45, 2.75) is 18.9 Å². The van der Waals surface area contributed by atoms with Crippen molar-refractivity contribution in [2.24, 2.45) is 0 Å². The largest absolute Gasteiger partial charge is 0.376 e. The van der Waals surface area contributed by atoms with Crippen molar-refractivity contribution in [1.82, 2.24) is 9.99 Å². The van der Waals surface area contributed by atoms with Gasteiger partial charge in [-0.15, -0.1) is 0 Å². The van der Waals surface area contributed by atoms with Gasteiger partial charge in [0.1, 0.15) is 0 Å². The van der Waals surface area contributed by atoms with Crippen LogP contribution < -0.4 is 5.01 Å². The average molecular weight is 231 g/mol. The standard InChI is InChI=1S/C13H17N3O/c1-4-12(10-14-6-1)16-8-3-7-15(16)11-13-5-2-9-17-13/h1,3-4,6-7,10,13H,2,5,8-9,11H2. The lowest BCUT2D eigenvalue weighted by atomic mass is 10.2. The predicted molar refractivity (Wildman–Crippen MR) is 66.4 cm³/mol. The Kier molecular flexibility index (Phi) is 2.96. The van der Waals surface area contributed by atoms with Gasteiger partial charge in [-0.25, -0.2) is 0 Å². The average Bonchev–Trinajstić information content (AvgIpc) is 3.02. The van der Waals surface area contributed by atoms with E-state index in [1.54, 1.807) is 6.20 Å². The van der Waals surface area contributed by atoms with Crippen molar-refractivity contribution in [3.63, 3.8) is 0 Å². The molecule has 0 aromatic carbocycles. The molecule has 0 N–H and O–H groups in total. The maximum absolute atomic E-state index is 5.68. The molecule has 3 rings (SSSR count). The summed E-state index contributed by atoms with van der Waals surface area (Å²) in [5, 5.41) is 4.46. The molecule has 1 fully saturated rings. The minimum atomic E-state index is 0.372. The van der Waals surface area contributed by atoms with Crippen LogP contribution in [0.2, 0.25) is 0 Å². The first-order valence-electron chi connectivity index (χ1n) is 6.16. The molecule has 1 unspecified atom stereocenters. The number of hydrogen-bond donors (Lipinski definition) is 0. The molecule has 4 nitrogen and oxygen atoms in total. The summed E-state index contributed by atoms with van der Waals surface area (Å²) in [6.45, 7) is 2.76. The van der Waals surface area contributed by atoms with Gasteiger partial charge >= 0.3 is 0 Å². The van der Waals surface area contributed by atoms with E-state index in [2.05, 4.69) is 33.3 Å². The maximum atomic E-state index is 5.68. The highest BCUT2D eigenvalue weighted by atomic mass is 16.5. The molecule has 1 saturated heterocycles. The van der Waals surface area contributed by atoms with E-state index in [1.165, 1.54) is 12.8 Å². The Balaban J connectivity index is 1.68. The van der Waals surface area contributed by atoms with Crippen LogP contribution >= 0.6 is 0 Å². The molecule has 90 valence electrons. The van der Waals surface area contributed by atoms with Gasteiger partial charge in [-0.3, -0.25) is 15.0 Å². The van der Waals surface area contributed by atoms with Crippen LogP contribution in [0.1, 0.15) is 12.8 Å². The summed E-state index contributed by atoms with van der Waals surface area (Å²) >= 11 is 0. The van der Waals surface area contributed by atoms with Crippen molar-refractivity contribution in [1.29, 1.82) is 0 Å². The first kappa shape index (κ1) is 10.6. The first-order chi connectivity index (χ1) is 8.43. The SMILES string of the molecule is C1=CN(CC2CCCO2)N(c2cccnc2)C1. The number of aromatic nitrogens is 1. The summed E-state index contributed by atoms with van der Waals surface area (Å²) in [7, 11) is 0. The number of rotatable bonds is 3. The summed E-state index contributed by atoms with van der Waals surface area (Å²) in [6, 6.07) is 4.06. The van der Waals surface area contributed by atoms with Crippen molar-refractivity contribution in [3.8, 4) is 0 Å². The second kappa shape index (κ2) is 4.75. The van der Waals surface area contributed by atoms with Crippen LogP contribution in [0, 0.1) is 0 Å². The summed E-state index contributed by atoms with van der Waals surface area (Å²) in [4.78, 5) is 4.17. The fourth-order valence-electron chi connectivity index (χ4n) is 2.37. The molecule has 0 amide bonds. The quantitative estimate of drug-likeness (QED) is 0.793. The van der Waals surface area contributed by atoms with E-state index in [4.69, 9.17) is 4.74 Å². The van der Waals surface area contributed by atoms with E-state index in [1.807, 2.05) is 12.3 Å². The second-order valence-electron chi connectivity index (χ2n) is 4.44. The predicted octanol–water partition coefficient (Wildman–Crippen LogP) is 1.81. The van der Waals surface area contributed by atoms with Gasteiger partial charge < -0.3 is 4.74 Å². The van der Waals surface area contributed by atoms with Crippen LogP contribution in [-0.4, -0.2) is 35.8 Å². The van der Waals surface area contributed by atoms with Crippen LogP contribution in [0.5, 0.6) is 0 Å². The van der Waals surface area contributed by atoms with Crippen LogP contribution in [0.3, 0.4) is 0 Å². The lowest BCUT2D eigenvalue weighted by Crippen LogP contribution is -2.40. The molecule has 2 aliphatic rings. The zero-order valence-corrected chi connectivity index (χ0v) is 9.83. The Morgan fingerprint density at radius 1 is 1.47 bits per heavy atom. The normalized spacial score (nSPS) is 23.6. The molecule has 1 aromatic heterocycles. The summed E-state index contributed by atoms with van der Waals surface area (Å²) in [5.41, 5.74) is 1.13. The fraction of sp³-hybridized carbons (Fsp3) is 0.462. The van der Waals surface area contributed by atoms with Crippen LogP contribution in [0.4, 0.5) is 5.69 Å². The second-order valence-corrected chi connectivity index (χ2v) is 4.44. The highest BCUT2D eigenvalue weighted by Crippen LogP contribution is 2.21. The van der Waals surface area contributed by atoms with E-state index in [0.29, 0.717) is 6.10 Å². The molecule has 0 radical (unpaired) electrons. The van der Waals surface area contributed by atoms with E-state index in [9.17, 15) is 0 Å². The summed E-state index contributed by atoms with van der Waals surface area (Å²) < 4.78 is 5.68. The molecular weight excluding hydrogens is 214 g/mol. The number of nitrogens with zero attached hydrogens (tertiary/aromatic N) is 3. The van der Waals surface area contributed by atoms with Gasteiger partial charge in [-0.1, -0.05) is 0 Å². The van der Waals surface area contributed by atoms with Crippen LogP contribution in [0.15, 0.2) is 36.8 Å². The molecule has 0 aliphatic carbocycles. The monoisotopic (exact) mass is 231 g/mol. The van der Waals surface area contributed by atoms with Gasteiger partial charge in [0.15, 0.2) is 0 Å². The topological polar surface area (TPSA) is 28.6 Å². The Bertz CT molecular complexity index is 387. The van der Waals surface area contributed by atoms with Crippen LogP contribution in [0.25, 0.3) is 0 Å². The molecule has 0 saturated carbocycles. The van der Waals surface area contributed by atoms with E-state index in [-0.39, 0.29) is 0 Å². The highest BCUT2D eigenvalue weighted by molar-refractivity contribution is 5.44. The smallest absolute Gasteiger partial charge is 0.0771 e. The Hall–Kier alpha value is -1.55. The Labute approximate surface area is 101 Å². The first-order valence-corrected chi connectivity index (χ1v) is 6.16.